The van der Waals surface area contributed by atoms with Gasteiger partial charge in [0.25, 0.3) is 0 Å². The van der Waals surface area contributed by atoms with E-state index in [1.807, 2.05) is 67.6 Å². The topological polar surface area (TPSA) is 76.5 Å². The number of anilines is 1. The molecule has 1 aromatic heterocycles. The van der Waals surface area contributed by atoms with Crippen LogP contribution < -0.4 is 10.1 Å². The fraction of sp³-hybridized carbons (Fsp3) is 0.393. The summed E-state index contributed by atoms with van der Waals surface area (Å²) < 4.78 is 6.97. The molecule has 0 atom stereocenters. The molecular formula is C28H34N4O3. The maximum absolute atomic E-state index is 13.0. The Morgan fingerprint density at radius 1 is 1.09 bits per heavy atom. The number of carbonyl (C=O) groups excluding carboxylic acids is 2. The zero-order valence-corrected chi connectivity index (χ0v) is 20.6. The van der Waals surface area contributed by atoms with Gasteiger partial charge in [0.2, 0.25) is 11.8 Å². The quantitative estimate of drug-likeness (QED) is 0.432. The predicted molar refractivity (Wildman–Crippen MR) is 138 cm³/mol. The fourth-order valence-corrected chi connectivity index (χ4v) is 4.66. The van der Waals surface area contributed by atoms with Gasteiger partial charge in [0.05, 0.1) is 25.0 Å². The Morgan fingerprint density at radius 3 is 2.46 bits per heavy atom. The van der Waals surface area contributed by atoms with E-state index < -0.39 is 0 Å². The molecule has 4 rings (SSSR count). The average molecular weight is 475 g/mol. The van der Waals surface area contributed by atoms with E-state index in [2.05, 4.69) is 5.32 Å². The molecule has 1 heterocycles. The molecule has 0 bridgehead atoms. The van der Waals surface area contributed by atoms with E-state index in [1.54, 1.807) is 16.7 Å². The largest absolute Gasteiger partial charge is 0.497 e. The number of benzene rings is 2. The Morgan fingerprint density at radius 2 is 1.80 bits per heavy atom. The summed E-state index contributed by atoms with van der Waals surface area (Å²) in [6.45, 7) is 2.44. The zero-order valence-electron chi connectivity index (χ0n) is 20.6. The molecular weight excluding hydrogens is 440 g/mol. The maximum atomic E-state index is 13.0. The first kappa shape index (κ1) is 24.5. The second kappa shape index (κ2) is 11.7. The minimum Gasteiger partial charge on any atom is -0.497 e. The molecule has 0 unspecified atom stereocenters. The van der Waals surface area contributed by atoms with Gasteiger partial charge >= 0.3 is 0 Å². The van der Waals surface area contributed by atoms with Crippen LogP contribution in [-0.2, 0) is 9.59 Å². The van der Waals surface area contributed by atoms with Gasteiger partial charge < -0.3 is 15.0 Å². The van der Waals surface area contributed by atoms with Crippen LogP contribution in [0.2, 0.25) is 0 Å². The van der Waals surface area contributed by atoms with Crippen LogP contribution in [0.15, 0.2) is 60.7 Å². The highest BCUT2D eigenvalue weighted by Crippen LogP contribution is 2.29. The van der Waals surface area contributed by atoms with Crippen molar-refractivity contribution in [3.8, 4) is 22.7 Å². The van der Waals surface area contributed by atoms with E-state index in [1.165, 1.54) is 25.7 Å². The molecule has 7 heteroatoms. The van der Waals surface area contributed by atoms with Crippen molar-refractivity contribution in [2.45, 2.75) is 45.4 Å². The minimum atomic E-state index is -0.240. The number of aromatic nitrogens is 2. The van der Waals surface area contributed by atoms with Crippen molar-refractivity contribution in [1.29, 1.82) is 0 Å². The van der Waals surface area contributed by atoms with Gasteiger partial charge in [-0.2, -0.15) is 5.10 Å². The number of likely N-dealkylation sites (N-methyl/N-ethyl adjacent to an activating group) is 1. The lowest BCUT2D eigenvalue weighted by Crippen LogP contribution is -2.38. The first-order chi connectivity index (χ1) is 17.1. The Hall–Kier alpha value is -3.61. The van der Waals surface area contributed by atoms with Gasteiger partial charge in [0.1, 0.15) is 11.6 Å². The third-order valence-electron chi connectivity index (χ3n) is 6.67. The Bertz CT molecular complexity index is 1120. The molecule has 0 saturated heterocycles. The highest BCUT2D eigenvalue weighted by Gasteiger charge is 2.21. The average Bonchev–Trinajstić information content (AvgIpc) is 3.57. The summed E-state index contributed by atoms with van der Waals surface area (Å²) in [6.07, 6.45) is 6.41. The number of nitrogens with zero attached hydrogens (tertiary/aromatic N) is 3. The summed E-state index contributed by atoms with van der Waals surface area (Å²) in [6, 6.07) is 19.2. The van der Waals surface area contributed by atoms with Gasteiger partial charge in [-0.05, 0) is 43.5 Å². The third-order valence-corrected chi connectivity index (χ3v) is 6.67. The lowest BCUT2D eigenvalue weighted by atomic mass is 10.0. The fourth-order valence-electron chi connectivity index (χ4n) is 4.66. The molecule has 0 aliphatic heterocycles. The molecule has 1 fully saturated rings. The summed E-state index contributed by atoms with van der Waals surface area (Å²) in [5.41, 5.74) is 2.49. The van der Waals surface area contributed by atoms with E-state index in [-0.39, 0.29) is 18.4 Å². The Kier molecular flexibility index (Phi) is 8.19. The van der Waals surface area contributed by atoms with Crippen molar-refractivity contribution < 1.29 is 14.3 Å². The van der Waals surface area contributed by atoms with Gasteiger partial charge in [-0.15, -0.1) is 0 Å². The molecule has 184 valence electrons. The summed E-state index contributed by atoms with van der Waals surface area (Å²) in [5, 5.41) is 7.73. The molecule has 1 aliphatic rings. The van der Waals surface area contributed by atoms with Gasteiger partial charge in [-0.1, -0.05) is 56.0 Å². The molecule has 1 N–H and O–H groups in total. The molecule has 0 spiro atoms. The van der Waals surface area contributed by atoms with E-state index >= 15 is 0 Å². The van der Waals surface area contributed by atoms with Crippen molar-refractivity contribution in [3.63, 3.8) is 0 Å². The first-order valence-electron chi connectivity index (χ1n) is 12.4. The Balaban J connectivity index is 1.49. The van der Waals surface area contributed by atoms with Crippen LogP contribution >= 0.6 is 0 Å². The second-order valence-corrected chi connectivity index (χ2v) is 9.04. The minimum absolute atomic E-state index is 0.0223. The van der Waals surface area contributed by atoms with Crippen molar-refractivity contribution in [3.05, 3.63) is 60.7 Å². The smallest absolute Gasteiger partial charge is 0.245 e. The molecule has 1 aliphatic carbocycles. The summed E-state index contributed by atoms with van der Waals surface area (Å²) in [4.78, 5) is 27.4. The van der Waals surface area contributed by atoms with Gasteiger partial charge in [0.15, 0.2) is 0 Å². The zero-order chi connectivity index (χ0) is 24.6. The van der Waals surface area contributed by atoms with Crippen LogP contribution in [0.5, 0.6) is 5.75 Å². The van der Waals surface area contributed by atoms with Crippen LogP contribution in [-0.4, -0.2) is 46.7 Å². The van der Waals surface area contributed by atoms with Crippen molar-refractivity contribution >= 4 is 17.6 Å². The summed E-state index contributed by atoms with van der Waals surface area (Å²) in [7, 11) is 1.62. The van der Waals surface area contributed by atoms with Crippen LogP contribution in [0.25, 0.3) is 16.9 Å². The number of ether oxygens (including phenoxy) is 1. The number of amides is 2. The van der Waals surface area contributed by atoms with Gasteiger partial charge in [-0.25, -0.2) is 4.68 Å². The molecule has 7 nitrogen and oxygen atoms in total. The monoisotopic (exact) mass is 474 g/mol. The number of methoxy groups -OCH3 is 1. The molecule has 2 amide bonds. The molecule has 0 radical (unpaired) electrons. The Labute approximate surface area is 207 Å². The van der Waals surface area contributed by atoms with Crippen molar-refractivity contribution in [2.24, 2.45) is 5.92 Å². The number of carbonyl (C=O) groups is 2. The normalized spacial score (nSPS) is 13.5. The van der Waals surface area contributed by atoms with E-state index in [0.717, 1.165) is 29.1 Å². The highest BCUT2D eigenvalue weighted by atomic mass is 16.5. The summed E-state index contributed by atoms with van der Waals surface area (Å²) >= 11 is 0. The van der Waals surface area contributed by atoms with Crippen LogP contribution in [0.3, 0.4) is 0 Å². The molecule has 2 aromatic carbocycles. The SMILES string of the molecule is CCN(CC(=O)Nc1cc(-c2ccccc2)nn1-c1ccc(OC)cc1)C(=O)CCC1CCCC1. The number of nitrogens with one attached hydrogen (secondary N) is 1. The maximum Gasteiger partial charge on any atom is 0.245 e. The lowest BCUT2D eigenvalue weighted by Gasteiger charge is -2.21. The lowest BCUT2D eigenvalue weighted by molar-refractivity contribution is -0.134. The number of hydrogen-bond acceptors (Lipinski definition) is 4. The molecule has 3 aromatic rings. The van der Waals surface area contributed by atoms with E-state index in [0.29, 0.717) is 24.7 Å². The third kappa shape index (κ3) is 6.29. The standard InChI is InChI=1S/C28H34N4O3/c1-3-31(28(34)18-13-21-9-7-8-10-21)20-27(33)29-26-19-25(22-11-5-4-6-12-22)30-32(26)23-14-16-24(35-2)17-15-23/h4-6,11-12,14-17,19,21H,3,7-10,13,18,20H2,1-2H3,(H,29,33). The van der Waals surface area contributed by atoms with E-state index in [9.17, 15) is 9.59 Å². The van der Waals surface area contributed by atoms with Gasteiger partial charge in [0, 0.05) is 24.6 Å². The molecule has 1 saturated carbocycles. The van der Waals surface area contributed by atoms with Crippen LogP contribution in [0.1, 0.15) is 45.4 Å². The van der Waals surface area contributed by atoms with Crippen molar-refractivity contribution in [2.75, 3.05) is 25.5 Å². The van der Waals surface area contributed by atoms with Crippen LogP contribution in [0, 0.1) is 5.92 Å². The van der Waals surface area contributed by atoms with E-state index in [4.69, 9.17) is 9.84 Å². The first-order valence-corrected chi connectivity index (χ1v) is 12.4. The highest BCUT2D eigenvalue weighted by molar-refractivity contribution is 5.94. The van der Waals surface area contributed by atoms with Crippen LogP contribution in [0.4, 0.5) is 5.82 Å². The number of hydrogen-bond donors (Lipinski definition) is 1. The molecule has 35 heavy (non-hydrogen) atoms. The number of rotatable bonds is 10. The van der Waals surface area contributed by atoms with Crippen molar-refractivity contribution in [1.82, 2.24) is 14.7 Å². The predicted octanol–water partition coefficient (Wildman–Crippen LogP) is 5.31. The van der Waals surface area contributed by atoms with Gasteiger partial charge in [-0.3, -0.25) is 9.59 Å². The summed E-state index contributed by atoms with van der Waals surface area (Å²) in [5.74, 6) is 1.75. The second-order valence-electron chi connectivity index (χ2n) is 9.04.